The first-order chi connectivity index (χ1) is 7.33. The van der Waals surface area contributed by atoms with Crippen LogP contribution in [-0.2, 0) is 0 Å². The van der Waals surface area contributed by atoms with Crippen LogP contribution in [0.3, 0.4) is 0 Å². The Kier molecular flexibility index (Phi) is 2.86. The summed E-state index contributed by atoms with van der Waals surface area (Å²) >= 11 is 0. The molecule has 0 bridgehead atoms. The summed E-state index contributed by atoms with van der Waals surface area (Å²) in [5.41, 5.74) is 3.78. The molecule has 0 aromatic heterocycles. The molecule has 1 aromatic carbocycles. The standard InChI is InChI=1S/C13H16N2/c1-3-12-13(10(2)14-9-15-12)11-7-5-4-6-8-11/h4-10H,3H2,1-2H3,(H,14,15). The van der Waals surface area contributed by atoms with Gasteiger partial charge in [-0.25, -0.2) is 4.99 Å². The molecule has 0 spiro atoms. The summed E-state index contributed by atoms with van der Waals surface area (Å²) in [4.78, 5) is 4.40. The van der Waals surface area contributed by atoms with Crippen molar-refractivity contribution in [3.05, 3.63) is 41.6 Å². The molecule has 1 atom stereocenters. The van der Waals surface area contributed by atoms with E-state index in [1.807, 2.05) is 6.07 Å². The van der Waals surface area contributed by atoms with Gasteiger partial charge in [0.05, 0.1) is 12.4 Å². The molecule has 1 aliphatic rings. The minimum Gasteiger partial charge on any atom is -0.369 e. The zero-order chi connectivity index (χ0) is 10.7. The Hall–Kier alpha value is -1.57. The van der Waals surface area contributed by atoms with Crippen LogP contribution in [0.5, 0.6) is 0 Å². The first-order valence-electron chi connectivity index (χ1n) is 5.40. The Morgan fingerprint density at radius 2 is 2.00 bits per heavy atom. The van der Waals surface area contributed by atoms with E-state index in [-0.39, 0.29) is 0 Å². The van der Waals surface area contributed by atoms with Crippen molar-refractivity contribution in [2.24, 2.45) is 4.99 Å². The maximum Gasteiger partial charge on any atom is 0.0887 e. The van der Waals surface area contributed by atoms with Crippen LogP contribution in [0.15, 0.2) is 41.0 Å². The van der Waals surface area contributed by atoms with Gasteiger partial charge in [0.25, 0.3) is 0 Å². The molecule has 1 N–H and O–H groups in total. The number of rotatable bonds is 2. The molecule has 0 aliphatic carbocycles. The number of hydrogen-bond acceptors (Lipinski definition) is 2. The Morgan fingerprint density at radius 1 is 1.27 bits per heavy atom. The Morgan fingerprint density at radius 3 is 2.67 bits per heavy atom. The average molecular weight is 200 g/mol. The van der Waals surface area contributed by atoms with Gasteiger partial charge in [0.2, 0.25) is 0 Å². The van der Waals surface area contributed by atoms with E-state index < -0.39 is 0 Å². The second-order valence-electron chi connectivity index (χ2n) is 3.73. The summed E-state index contributed by atoms with van der Waals surface area (Å²) < 4.78 is 0. The highest BCUT2D eigenvalue weighted by Crippen LogP contribution is 2.26. The highest BCUT2D eigenvalue weighted by atomic mass is 15.0. The van der Waals surface area contributed by atoms with Gasteiger partial charge in [0.1, 0.15) is 0 Å². The summed E-state index contributed by atoms with van der Waals surface area (Å²) in [6, 6.07) is 10.8. The van der Waals surface area contributed by atoms with Crippen molar-refractivity contribution >= 4 is 11.9 Å². The van der Waals surface area contributed by atoms with Gasteiger partial charge in [-0.2, -0.15) is 0 Å². The molecule has 78 valence electrons. The Labute approximate surface area is 90.7 Å². The van der Waals surface area contributed by atoms with Crippen molar-refractivity contribution in [1.82, 2.24) is 5.32 Å². The normalized spacial score (nSPS) is 20.3. The lowest BCUT2D eigenvalue weighted by atomic mass is 9.96. The van der Waals surface area contributed by atoms with Crippen molar-refractivity contribution in [2.75, 3.05) is 0 Å². The highest BCUT2D eigenvalue weighted by molar-refractivity contribution is 5.78. The van der Waals surface area contributed by atoms with E-state index in [9.17, 15) is 0 Å². The van der Waals surface area contributed by atoms with Crippen molar-refractivity contribution in [1.29, 1.82) is 0 Å². The highest BCUT2D eigenvalue weighted by Gasteiger charge is 2.16. The molecule has 0 radical (unpaired) electrons. The van der Waals surface area contributed by atoms with E-state index in [0.717, 1.165) is 6.42 Å². The summed E-state index contributed by atoms with van der Waals surface area (Å²) in [6.45, 7) is 4.32. The Bertz CT molecular complexity index is 390. The second kappa shape index (κ2) is 4.30. The van der Waals surface area contributed by atoms with Crippen LogP contribution >= 0.6 is 0 Å². The fraction of sp³-hybridized carbons (Fsp3) is 0.308. The zero-order valence-corrected chi connectivity index (χ0v) is 9.20. The molecule has 2 heteroatoms. The fourth-order valence-corrected chi connectivity index (χ4v) is 1.95. The molecule has 1 heterocycles. The molecule has 2 rings (SSSR count). The molecule has 0 saturated heterocycles. The van der Waals surface area contributed by atoms with E-state index >= 15 is 0 Å². The summed E-state index contributed by atoms with van der Waals surface area (Å²) in [5, 5.41) is 3.25. The van der Waals surface area contributed by atoms with Gasteiger partial charge >= 0.3 is 0 Å². The van der Waals surface area contributed by atoms with Crippen molar-refractivity contribution in [3.8, 4) is 0 Å². The van der Waals surface area contributed by atoms with Crippen LogP contribution in [0.2, 0.25) is 0 Å². The molecule has 0 saturated carbocycles. The molecule has 15 heavy (non-hydrogen) atoms. The maximum atomic E-state index is 4.40. The third-order valence-corrected chi connectivity index (χ3v) is 2.71. The van der Waals surface area contributed by atoms with Crippen LogP contribution in [0.25, 0.3) is 5.57 Å². The van der Waals surface area contributed by atoms with Crippen molar-refractivity contribution in [2.45, 2.75) is 26.3 Å². The fourth-order valence-electron chi connectivity index (χ4n) is 1.95. The third-order valence-electron chi connectivity index (χ3n) is 2.71. The topological polar surface area (TPSA) is 24.4 Å². The van der Waals surface area contributed by atoms with E-state index in [1.54, 1.807) is 6.34 Å². The number of allylic oxidation sites excluding steroid dienone is 1. The molecule has 0 fully saturated rings. The number of benzene rings is 1. The molecule has 2 nitrogen and oxygen atoms in total. The monoisotopic (exact) mass is 200 g/mol. The summed E-state index contributed by atoms with van der Waals surface area (Å²) in [7, 11) is 0. The van der Waals surface area contributed by atoms with E-state index in [0.29, 0.717) is 6.04 Å². The SMILES string of the molecule is CCC1=C(c2ccccc2)C(C)NC=N1. The van der Waals surface area contributed by atoms with Crippen molar-refractivity contribution in [3.63, 3.8) is 0 Å². The Balaban J connectivity index is 2.48. The number of aliphatic imine (C=N–C) groups is 1. The molecule has 1 unspecified atom stereocenters. The van der Waals surface area contributed by atoms with Gasteiger partial charge in [-0.1, -0.05) is 37.3 Å². The number of nitrogens with zero attached hydrogens (tertiary/aromatic N) is 1. The largest absolute Gasteiger partial charge is 0.369 e. The minimum absolute atomic E-state index is 0.347. The first-order valence-corrected chi connectivity index (χ1v) is 5.40. The van der Waals surface area contributed by atoms with E-state index in [1.165, 1.54) is 16.8 Å². The maximum absolute atomic E-state index is 4.40. The van der Waals surface area contributed by atoms with Gasteiger partial charge in [0.15, 0.2) is 0 Å². The van der Waals surface area contributed by atoms with E-state index in [4.69, 9.17) is 0 Å². The predicted molar refractivity (Wildman–Crippen MR) is 64.7 cm³/mol. The minimum atomic E-state index is 0.347. The van der Waals surface area contributed by atoms with E-state index in [2.05, 4.69) is 48.4 Å². The molecule has 1 aromatic rings. The van der Waals surface area contributed by atoms with Gasteiger partial charge < -0.3 is 5.32 Å². The number of hydrogen-bond donors (Lipinski definition) is 1. The van der Waals surface area contributed by atoms with Crippen LogP contribution in [0.4, 0.5) is 0 Å². The van der Waals surface area contributed by atoms with Crippen LogP contribution in [0, 0.1) is 0 Å². The summed E-state index contributed by atoms with van der Waals surface area (Å²) in [6.07, 6.45) is 2.78. The van der Waals surface area contributed by atoms with Gasteiger partial charge in [-0.15, -0.1) is 0 Å². The second-order valence-corrected chi connectivity index (χ2v) is 3.73. The van der Waals surface area contributed by atoms with Gasteiger partial charge in [-0.3, -0.25) is 0 Å². The molecular formula is C13H16N2. The molecular weight excluding hydrogens is 184 g/mol. The summed E-state index contributed by atoms with van der Waals surface area (Å²) in [5.74, 6) is 0. The van der Waals surface area contributed by atoms with Gasteiger partial charge in [0, 0.05) is 11.3 Å². The predicted octanol–water partition coefficient (Wildman–Crippen LogP) is 2.83. The van der Waals surface area contributed by atoms with Crippen LogP contribution in [0.1, 0.15) is 25.8 Å². The quantitative estimate of drug-likeness (QED) is 0.780. The number of nitrogens with one attached hydrogen (secondary N) is 1. The molecule has 0 amide bonds. The van der Waals surface area contributed by atoms with Gasteiger partial charge in [-0.05, 0) is 18.9 Å². The average Bonchev–Trinajstić information content (AvgIpc) is 2.29. The first kappa shape index (κ1) is 9.97. The molecule has 1 aliphatic heterocycles. The smallest absolute Gasteiger partial charge is 0.0887 e. The third kappa shape index (κ3) is 1.94. The zero-order valence-electron chi connectivity index (χ0n) is 9.20. The lowest BCUT2D eigenvalue weighted by Crippen LogP contribution is -2.29. The van der Waals surface area contributed by atoms with Crippen LogP contribution in [-0.4, -0.2) is 12.4 Å². The van der Waals surface area contributed by atoms with Crippen LogP contribution < -0.4 is 5.32 Å². The lowest BCUT2D eigenvalue weighted by molar-refractivity contribution is 0.803. The van der Waals surface area contributed by atoms with Crippen molar-refractivity contribution < 1.29 is 0 Å². The lowest BCUT2D eigenvalue weighted by Gasteiger charge is -2.22.